The summed E-state index contributed by atoms with van der Waals surface area (Å²) < 4.78 is 5.39. The zero-order chi connectivity index (χ0) is 16.2. The van der Waals surface area contributed by atoms with Gasteiger partial charge in [0.2, 0.25) is 5.82 Å². The van der Waals surface area contributed by atoms with Gasteiger partial charge in [-0.25, -0.2) is 4.98 Å². The van der Waals surface area contributed by atoms with Crippen LogP contribution in [-0.4, -0.2) is 26.1 Å². The highest BCUT2D eigenvalue weighted by molar-refractivity contribution is 6.30. The highest BCUT2D eigenvalue weighted by Gasteiger charge is 2.12. The van der Waals surface area contributed by atoms with Crippen LogP contribution in [0.5, 0.6) is 0 Å². The lowest BCUT2D eigenvalue weighted by Crippen LogP contribution is -1.96. The average molecular weight is 330 g/mol. The first-order valence-electron chi connectivity index (χ1n) is 6.75. The second-order valence-corrected chi connectivity index (χ2v) is 5.26. The largest absolute Gasteiger partial charge is 0.504 e. The van der Waals surface area contributed by atoms with E-state index in [9.17, 15) is 9.90 Å². The van der Waals surface area contributed by atoms with Crippen LogP contribution < -0.4 is 0 Å². The third-order valence-corrected chi connectivity index (χ3v) is 3.39. The number of ketones is 1. The average Bonchev–Trinajstić information content (AvgIpc) is 3.21. The van der Waals surface area contributed by atoms with E-state index in [0.717, 1.165) is 11.6 Å². The maximum absolute atomic E-state index is 12.1. The normalized spacial score (nSPS) is 11.6. The van der Waals surface area contributed by atoms with E-state index >= 15 is 0 Å². The Bertz CT molecular complexity index is 836. The van der Waals surface area contributed by atoms with Crippen molar-refractivity contribution in [3.05, 3.63) is 76.7 Å². The molecule has 3 rings (SSSR count). The number of aliphatic hydroxyl groups excluding tert-OH is 1. The van der Waals surface area contributed by atoms with Crippen LogP contribution >= 0.6 is 11.6 Å². The van der Waals surface area contributed by atoms with Gasteiger partial charge in [-0.3, -0.25) is 9.89 Å². The van der Waals surface area contributed by atoms with Crippen LogP contribution in [0.3, 0.4) is 0 Å². The number of carbonyl (C=O) groups excluding carboxylic acids is 1. The Kier molecular flexibility index (Phi) is 4.25. The van der Waals surface area contributed by atoms with Crippen molar-refractivity contribution in [2.75, 3.05) is 0 Å². The van der Waals surface area contributed by atoms with Crippen LogP contribution in [0.4, 0.5) is 0 Å². The van der Waals surface area contributed by atoms with Crippen molar-refractivity contribution in [2.24, 2.45) is 0 Å². The molecular weight excluding hydrogens is 318 g/mol. The number of hydrogen-bond donors (Lipinski definition) is 2. The summed E-state index contributed by atoms with van der Waals surface area (Å²) in [5.41, 5.74) is 1.36. The molecule has 0 aliphatic heterocycles. The number of H-pyrrole nitrogens is 1. The summed E-state index contributed by atoms with van der Waals surface area (Å²) in [6, 6.07) is 9.01. The molecule has 0 spiro atoms. The first-order valence-corrected chi connectivity index (χ1v) is 7.12. The minimum atomic E-state index is -0.390. The van der Waals surface area contributed by atoms with Crippen LogP contribution in [0, 0.1) is 0 Å². The molecule has 0 aliphatic carbocycles. The van der Waals surface area contributed by atoms with Crippen molar-refractivity contribution in [3.63, 3.8) is 0 Å². The van der Waals surface area contributed by atoms with Gasteiger partial charge in [0.15, 0.2) is 11.5 Å². The fourth-order valence-corrected chi connectivity index (χ4v) is 2.14. The summed E-state index contributed by atoms with van der Waals surface area (Å²) >= 11 is 5.84. The van der Waals surface area contributed by atoms with E-state index in [1.807, 2.05) is 12.1 Å². The summed E-state index contributed by atoms with van der Waals surface area (Å²) in [7, 11) is 0. The standard InChI is InChI=1S/C16H12ClN3O3/c17-12-3-1-10(2-4-12)5-13-6-11(8-23-13)14(21)7-15(22)16-18-9-19-20-16/h1-4,6-9,22H,5H2,(H,18,19,20). The monoisotopic (exact) mass is 329 g/mol. The number of furan rings is 1. The predicted molar refractivity (Wildman–Crippen MR) is 84.3 cm³/mol. The molecule has 0 amide bonds. The summed E-state index contributed by atoms with van der Waals surface area (Å²) in [5, 5.41) is 16.6. The molecule has 0 bridgehead atoms. The van der Waals surface area contributed by atoms with Gasteiger partial charge in [-0.05, 0) is 23.8 Å². The van der Waals surface area contributed by atoms with Gasteiger partial charge in [0, 0.05) is 17.5 Å². The second kappa shape index (κ2) is 6.50. The van der Waals surface area contributed by atoms with Gasteiger partial charge in [-0.2, -0.15) is 5.10 Å². The Morgan fingerprint density at radius 2 is 2.13 bits per heavy atom. The van der Waals surface area contributed by atoms with Crippen molar-refractivity contribution in [1.82, 2.24) is 15.2 Å². The number of aliphatic hydroxyl groups is 1. The number of aromatic nitrogens is 3. The second-order valence-electron chi connectivity index (χ2n) is 4.82. The van der Waals surface area contributed by atoms with Gasteiger partial charge in [-0.1, -0.05) is 23.7 Å². The Labute approximate surface area is 136 Å². The van der Waals surface area contributed by atoms with E-state index in [1.54, 1.807) is 18.2 Å². The summed E-state index contributed by atoms with van der Waals surface area (Å²) in [6.07, 6.45) is 4.27. The number of nitrogens with zero attached hydrogens (tertiary/aromatic N) is 2. The van der Waals surface area contributed by atoms with Crippen LogP contribution in [0.2, 0.25) is 5.02 Å². The van der Waals surface area contributed by atoms with Crippen LogP contribution in [0.1, 0.15) is 27.5 Å². The minimum absolute atomic E-state index is 0.0585. The van der Waals surface area contributed by atoms with Crippen molar-refractivity contribution >= 4 is 23.1 Å². The Balaban J connectivity index is 1.72. The molecule has 7 heteroatoms. The van der Waals surface area contributed by atoms with Crippen molar-refractivity contribution in [3.8, 4) is 0 Å². The highest BCUT2D eigenvalue weighted by Crippen LogP contribution is 2.17. The zero-order valence-corrected chi connectivity index (χ0v) is 12.6. The molecule has 1 aromatic carbocycles. The Hall–Kier alpha value is -2.86. The number of halogens is 1. The van der Waals surface area contributed by atoms with Gasteiger partial charge in [0.25, 0.3) is 0 Å². The van der Waals surface area contributed by atoms with Gasteiger partial charge < -0.3 is 9.52 Å². The molecule has 6 nitrogen and oxygen atoms in total. The van der Waals surface area contributed by atoms with Crippen molar-refractivity contribution < 1.29 is 14.3 Å². The molecule has 0 radical (unpaired) electrons. The molecule has 0 aliphatic rings. The molecule has 2 N–H and O–H groups in total. The van der Waals surface area contributed by atoms with Crippen molar-refractivity contribution in [1.29, 1.82) is 0 Å². The summed E-state index contributed by atoms with van der Waals surface area (Å²) in [4.78, 5) is 15.8. The molecule has 116 valence electrons. The lowest BCUT2D eigenvalue weighted by Gasteiger charge is -1.97. The van der Waals surface area contributed by atoms with Gasteiger partial charge >= 0.3 is 0 Å². The smallest absolute Gasteiger partial charge is 0.215 e. The first-order chi connectivity index (χ1) is 11.1. The topological polar surface area (TPSA) is 92.0 Å². The van der Waals surface area contributed by atoms with Crippen molar-refractivity contribution in [2.45, 2.75) is 6.42 Å². The number of rotatable bonds is 5. The van der Waals surface area contributed by atoms with E-state index in [0.29, 0.717) is 22.8 Å². The number of aromatic amines is 1. The number of nitrogens with one attached hydrogen (secondary N) is 1. The lowest BCUT2D eigenvalue weighted by atomic mass is 10.1. The molecule has 2 aromatic heterocycles. The van der Waals surface area contributed by atoms with E-state index in [-0.39, 0.29) is 11.6 Å². The molecule has 0 fully saturated rings. The number of hydrogen-bond acceptors (Lipinski definition) is 5. The first kappa shape index (κ1) is 15.1. The van der Waals surface area contributed by atoms with Gasteiger partial charge in [-0.15, -0.1) is 0 Å². The highest BCUT2D eigenvalue weighted by atomic mass is 35.5. The fraction of sp³-hybridized carbons (Fsp3) is 0.0625. The number of carbonyl (C=O) groups is 1. The van der Waals surface area contributed by atoms with E-state index in [4.69, 9.17) is 16.0 Å². The number of allylic oxidation sites excluding steroid dienone is 1. The quantitative estimate of drug-likeness (QED) is 0.425. The predicted octanol–water partition coefficient (Wildman–Crippen LogP) is 3.42. The zero-order valence-electron chi connectivity index (χ0n) is 11.9. The Morgan fingerprint density at radius 3 is 2.83 bits per heavy atom. The van der Waals surface area contributed by atoms with E-state index in [1.165, 1.54) is 12.6 Å². The minimum Gasteiger partial charge on any atom is -0.504 e. The molecule has 0 atom stereocenters. The van der Waals surface area contributed by atoms with Gasteiger partial charge in [0.1, 0.15) is 18.4 Å². The molecular formula is C16H12ClN3O3. The maximum atomic E-state index is 12.1. The van der Waals surface area contributed by atoms with Crippen LogP contribution in [0.15, 0.2) is 53.4 Å². The van der Waals surface area contributed by atoms with E-state index < -0.39 is 5.78 Å². The molecule has 0 saturated carbocycles. The molecule has 0 unspecified atom stereocenters. The summed E-state index contributed by atoms with van der Waals surface area (Å²) in [5.74, 6) is -0.000188. The third kappa shape index (κ3) is 3.67. The molecule has 2 heterocycles. The number of benzene rings is 1. The molecule has 23 heavy (non-hydrogen) atoms. The fourth-order valence-electron chi connectivity index (χ4n) is 2.01. The van der Waals surface area contributed by atoms with E-state index in [2.05, 4.69) is 15.2 Å². The molecule has 3 aromatic rings. The maximum Gasteiger partial charge on any atom is 0.215 e. The lowest BCUT2D eigenvalue weighted by molar-refractivity contribution is 0.104. The van der Waals surface area contributed by atoms with Gasteiger partial charge in [0.05, 0.1) is 5.56 Å². The van der Waals surface area contributed by atoms with Crippen LogP contribution in [0.25, 0.3) is 5.76 Å². The summed E-state index contributed by atoms with van der Waals surface area (Å²) in [6.45, 7) is 0. The Morgan fingerprint density at radius 1 is 1.35 bits per heavy atom. The SMILES string of the molecule is O=C(C=C(O)c1nc[nH]n1)c1coc(Cc2ccc(Cl)cc2)c1. The van der Waals surface area contributed by atoms with Crippen LogP contribution in [-0.2, 0) is 6.42 Å². The molecule has 0 saturated heterocycles. The third-order valence-electron chi connectivity index (χ3n) is 3.14.